The van der Waals surface area contributed by atoms with Gasteiger partial charge in [-0.15, -0.1) is 11.8 Å². The van der Waals surface area contributed by atoms with E-state index in [2.05, 4.69) is 6.92 Å². The van der Waals surface area contributed by atoms with Gasteiger partial charge in [0.15, 0.2) is 0 Å². The van der Waals surface area contributed by atoms with Crippen molar-refractivity contribution in [3.63, 3.8) is 0 Å². The Bertz CT molecular complexity index is 312. The van der Waals surface area contributed by atoms with Gasteiger partial charge in [-0.05, 0) is 42.9 Å². The van der Waals surface area contributed by atoms with Crippen LogP contribution in [0.15, 0.2) is 23.1 Å². The van der Waals surface area contributed by atoms with E-state index in [9.17, 15) is 4.39 Å². The molecule has 0 aliphatic carbocycles. The molecule has 0 fully saturated rings. The van der Waals surface area contributed by atoms with E-state index in [0.717, 1.165) is 16.2 Å². The second-order valence-electron chi connectivity index (χ2n) is 3.67. The van der Waals surface area contributed by atoms with Gasteiger partial charge < -0.3 is 5.73 Å². The van der Waals surface area contributed by atoms with Crippen molar-refractivity contribution in [2.45, 2.75) is 37.6 Å². The molecule has 1 unspecified atom stereocenters. The normalized spacial score (nSPS) is 12.8. The fraction of sp³-hybridized carbons (Fsp3) is 0.500. The maximum atomic E-state index is 13.0. The molecule has 0 aromatic heterocycles. The Kier molecular flexibility index (Phi) is 5.12. The van der Waals surface area contributed by atoms with E-state index in [1.807, 2.05) is 13.0 Å². The predicted octanol–water partition coefficient (Wildman–Crippen LogP) is 3.74. The highest BCUT2D eigenvalue weighted by Gasteiger charge is 2.08. The predicted molar refractivity (Wildman–Crippen MR) is 64.6 cm³/mol. The van der Waals surface area contributed by atoms with Crippen molar-refractivity contribution in [1.29, 1.82) is 0 Å². The molecule has 1 nitrogen and oxygen atoms in total. The monoisotopic (exact) mass is 227 g/mol. The lowest BCUT2D eigenvalue weighted by Crippen LogP contribution is -2.07. The van der Waals surface area contributed by atoms with Crippen LogP contribution in [0.5, 0.6) is 0 Å². The molecule has 0 spiro atoms. The molecule has 0 bridgehead atoms. The number of nitrogens with two attached hydrogens (primary N) is 1. The van der Waals surface area contributed by atoms with Crippen molar-refractivity contribution in [2.75, 3.05) is 5.75 Å². The molecule has 0 heterocycles. The molecular weight excluding hydrogens is 209 g/mol. The number of rotatable bonds is 5. The van der Waals surface area contributed by atoms with Gasteiger partial charge in [-0.1, -0.05) is 13.3 Å². The van der Waals surface area contributed by atoms with Crippen LogP contribution in [0.3, 0.4) is 0 Å². The van der Waals surface area contributed by atoms with Crippen molar-refractivity contribution in [3.8, 4) is 0 Å². The average molecular weight is 227 g/mol. The molecule has 0 amide bonds. The van der Waals surface area contributed by atoms with Crippen molar-refractivity contribution < 1.29 is 4.39 Å². The molecule has 2 N–H and O–H groups in total. The lowest BCUT2D eigenvalue weighted by molar-refractivity contribution is 0.619. The summed E-state index contributed by atoms with van der Waals surface area (Å²) in [5.41, 5.74) is 6.72. The van der Waals surface area contributed by atoms with Gasteiger partial charge in [0.25, 0.3) is 0 Å². The Balaban J connectivity index is 2.77. The van der Waals surface area contributed by atoms with Crippen molar-refractivity contribution >= 4 is 11.8 Å². The number of benzene rings is 1. The minimum absolute atomic E-state index is 0.107. The van der Waals surface area contributed by atoms with Gasteiger partial charge in [-0.2, -0.15) is 0 Å². The van der Waals surface area contributed by atoms with Crippen LogP contribution in [-0.4, -0.2) is 5.75 Å². The first-order chi connectivity index (χ1) is 7.15. The number of hydrogen-bond acceptors (Lipinski definition) is 2. The molecule has 1 rings (SSSR count). The van der Waals surface area contributed by atoms with Crippen LogP contribution >= 0.6 is 11.8 Å². The SMILES string of the molecule is CCCCSc1ccc(F)cc1C(C)N. The average Bonchev–Trinajstić information content (AvgIpc) is 2.20. The first-order valence-electron chi connectivity index (χ1n) is 5.33. The van der Waals surface area contributed by atoms with Crippen LogP contribution < -0.4 is 5.73 Å². The quantitative estimate of drug-likeness (QED) is 0.612. The van der Waals surface area contributed by atoms with Gasteiger partial charge >= 0.3 is 0 Å². The summed E-state index contributed by atoms with van der Waals surface area (Å²) in [6, 6.07) is 4.76. The third kappa shape index (κ3) is 3.84. The number of hydrogen-bond donors (Lipinski definition) is 1. The fourth-order valence-corrected chi connectivity index (χ4v) is 2.56. The molecule has 0 radical (unpaired) electrons. The molecule has 15 heavy (non-hydrogen) atoms. The minimum Gasteiger partial charge on any atom is -0.324 e. The van der Waals surface area contributed by atoms with Crippen molar-refractivity contribution in [2.24, 2.45) is 5.73 Å². The Morgan fingerprint density at radius 2 is 2.20 bits per heavy atom. The standard InChI is InChI=1S/C12H18FNS/c1-3-4-7-15-12-6-5-10(13)8-11(12)9(2)14/h5-6,8-9H,3-4,7,14H2,1-2H3. The van der Waals surface area contributed by atoms with Crippen LogP contribution in [0.1, 0.15) is 38.3 Å². The van der Waals surface area contributed by atoms with Gasteiger partial charge in [-0.25, -0.2) is 4.39 Å². The lowest BCUT2D eigenvalue weighted by atomic mass is 10.1. The van der Waals surface area contributed by atoms with E-state index in [4.69, 9.17) is 5.73 Å². The van der Waals surface area contributed by atoms with Gasteiger partial charge in [0, 0.05) is 10.9 Å². The van der Waals surface area contributed by atoms with Crippen LogP contribution in [-0.2, 0) is 0 Å². The van der Waals surface area contributed by atoms with Crippen molar-refractivity contribution in [3.05, 3.63) is 29.6 Å². The minimum atomic E-state index is -0.206. The Labute approximate surface area is 95.2 Å². The van der Waals surface area contributed by atoms with Crippen LogP contribution in [0.2, 0.25) is 0 Å². The third-order valence-electron chi connectivity index (χ3n) is 2.22. The molecule has 0 saturated heterocycles. The molecular formula is C12H18FNS. The van der Waals surface area contributed by atoms with E-state index in [0.29, 0.717) is 0 Å². The molecule has 1 aromatic rings. The van der Waals surface area contributed by atoms with Crippen molar-refractivity contribution in [1.82, 2.24) is 0 Å². The number of halogens is 1. The summed E-state index contributed by atoms with van der Waals surface area (Å²) in [6.45, 7) is 4.05. The zero-order chi connectivity index (χ0) is 11.3. The molecule has 3 heteroatoms. The Hall–Kier alpha value is -0.540. The van der Waals surface area contributed by atoms with Gasteiger partial charge in [0.1, 0.15) is 5.82 Å². The molecule has 1 aromatic carbocycles. The highest BCUT2D eigenvalue weighted by Crippen LogP contribution is 2.27. The largest absolute Gasteiger partial charge is 0.324 e. The summed E-state index contributed by atoms with van der Waals surface area (Å²) in [5, 5.41) is 0. The van der Waals surface area contributed by atoms with Gasteiger partial charge in [0.05, 0.1) is 0 Å². The van der Waals surface area contributed by atoms with E-state index in [1.165, 1.54) is 18.9 Å². The first kappa shape index (κ1) is 12.5. The second kappa shape index (κ2) is 6.13. The van der Waals surface area contributed by atoms with E-state index < -0.39 is 0 Å². The zero-order valence-corrected chi connectivity index (χ0v) is 10.1. The molecule has 0 aliphatic heterocycles. The molecule has 0 saturated carbocycles. The van der Waals surface area contributed by atoms with Crippen LogP contribution in [0, 0.1) is 5.82 Å². The van der Waals surface area contributed by atoms with Crippen LogP contribution in [0.4, 0.5) is 4.39 Å². The summed E-state index contributed by atoms with van der Waals surface area (Å²) in [4.78, 5) is 1.11. The van der Waals surface area contributed by atoms with E-state index in [-0.39, 0.29) is 11.9 Å². The van der Waals surface area contributed by atoms with E-state index in [1.54, 1.807) is 17.8 Å². The smallest absolute Gasteiger partial charge is 0.123 e. The summed E-state index contributed by atoms with van der Waals surface area (Å²) in [6.07, 6.45) is 2.36. The van der Waals surface area contributed by atoms with Crippen LogP contribution in [0.25, 0.3) is 0 Å². The summed E-state index contributed by atoms with van der Waals surface area (Å²) in [7, 11) is 0. The Morgan fingerprint density at radius 3 is 2.80 bits per heavy atom. The molecule has 0 aliphatic rings. The highest BCUT2D eigenvalue weighted by atomic mass is 32.2. The maximum absolute atomic E-state index is 13.0. The topological polar surface area (TPSA) is 26.0 Å². The van der Waals surface area contributed by atoms with E-state index >= 15 is 0 Å². The fourth-order valence-electron chi connectivity index (χ4n) is 1.33. The highest BCUT2D eigenvalue weighted by molar-refractivity contribution is 7.99. The number of thioether (sulfide) groups is 1. The Morgan fingerprint density at radius 1 is 1.47 bits per heavy atom. The lowest BCUT2D eigenvalue weighted by Gasteiger charge is -2.12. The van der Waals surface area contributed by atoms with Gasteiger partial charge in [-0.3, -0.25) is 0 Å². The third-order valence-corrected chi connectivity index (χ3v) is 3.39. The summed E-state index contributed by atoms with van der Waals surface area (Å²) in [5.74, 6) is 0.865. The molecule has 1 atom stereocenters. The summed E-state index contributed by atoms with van der Waals surface area (Å²) >= 11 is 1.76. The first-order valence-corrected chi connectivity index (χ1v) is 6.31. The second-order valence-corrected chi connectivity index (χ2v) is 4.81. The van der Waals surface area contributed by atoms with Gasteiger partial charge in [0.2, 0.25) is 0 Å². The maximum Gasteiger partial charge on any atom is 0.123 e. The zero-order valence-electron chi connectivity index (χ0n) is 9.29. The molecule has 84 valence electrons. The summed E-state index contributed by atoms with van der Waals surface area (Å²) < 4.78 is 13.0. The number of unbranched alkanes of at least 4 members (excludes halogenated alkanes) is 1.